The zero-order valence-corrected chi connectivity index (χ0v) is 38.1. The quantitative estimate of drug-likeness (QED) is 0.0422. The molecule has 0 saturated carbocycles. The summed E-state index contributed by atoms with van der Waals surface area (Å²) < 4.78 is 22.9. The number of hydrogen-bond donors (Lipinski definition) is 6. The Kier molecular flexibility index (Phi) is 16.8. The van der Waals surface area contributed by atoms with Crippen molar-refractivity contribution in [2.75, 3.05) is 19.9 Å². The molecule has 0 unspecified atom stereocenters. The van der Waals surface area contributed by atoms with E-state index in [1.54, 1.807) is 36.8 Å². The highest BCUT2D eigenvalue weighted by Crippen LogP contribution is 2.36. The van der Waals surface area contributed by atoms with Crippen molar-refractivity contribution in [3.8, 4) is 11.3 Å². The molecule has 64 heavy (non-hydrogen) atoms. The van der Waals surface area contributed by atoms with Gasteiger partial charge in [-0.3, -0.25) is 19.1 Å². The highest BCUT2D eigenvalue weighted by Gasteiger charge is 2.45. The molecule has 0 radical (unpaired) electrons. The normalized spacial score (nSPS) is 15.8. The number of rotatable bonds is 20. The number of nitrogens with zero attached hydrogens (tertiary/aromatic N) is 3. The summed E-state index contributed by atoms with van der Waals surface area (Å²) in [5.41, 5.74) is 2.55. The van der Waals surface area contributed by atoms with Crippen LogP contribution in [0.25, 0.3) is 11.3 Å². The van der Waals surface area contributed by atoms with Crippen molar-refractivity contribution in [1.82, 2.24) is 30.7 Å². The van der Waals surface area contributed by atoms with Crippen molar-refractivity contribution in [1.29, 1.82) is 0 Å². The first-order valence-electron chi connectivity index (χ1n) is 21.2. The first-order chi connectivity index (χ1) is 30.2. The minimum atomic E-state index is -5.02. The summed E-state index contributed by atoms with van der Waals surface area (Å²) in [7, 11) is -5.02. The molecule has 6 N–H and O–H groups in total. The Labute approximate surface area is 375 Å². The van der Waals surface area contributed by atoms with Crippen LogP contribution >= 0.6 is 7.82 Å². The van der Waals surface area contributed by atoms with Crippen LogP contribution in [-0.2, 0) is 42.8 Å². The third-order valence-corrected chi connectivity index (χ3v) is 11.4. The number of nitrogens with one attached hydrogen (secondary N) is 3. The summed E-state index contributed by atoms with van der Waals surface area (Å²) in [4.78, 5) is 82.0. The SMILES string of the molecule is CC(C)(C)[C@H](NC(=O)O)C(=O)N[C@@H](Cc1ccc(-c2ccccn2)cc1)C[C@H](OCOP(=O)(O)O)[C@H](Cc1ccccc1)NC(=O)[C@@H](N1CCN(Cc2ccccc2)C1=O)C(C)(C)C. The van der Waals surface area contributed by atoms with E-state index in [9.17, 15) is 38.6 Å². The van der Waals surface area contributed by atoms with Gasteiger partial charge in [-0.25, -0.2) is 14.2 Å². The third-order valence-electron chi connectivity index (χ3n) is 11.0. The first-order valence-corrected chi connectivity index (χ1v) is 22.8. The van der Waals surface area contributed by atoms with Crippen LogP contribution in [0.4, 0.5) is 9.59 Å². The Balaban J connectivity index is 1.52. The van der Waals surface area contributed by atoms with Crippen molar-refractivity contribution in [3.63, 3.8) is 0 Å². The summed E-state index contributed by atoms with van der Waals surface area (Å²) in [5, 5.41) is 18.2. The molecule has 2 heterocycles. The molecule has 16 nitrogen and oxygen atoms in total. The van der Waals surface area contributed by atoms with Crippen LogP contribution in [0.1, 0.15) is 64.7 Å². The van der Waals surface area contributed by atoms with E-state index in [0.717, 1.165) is 27.9 Å². The number of carbonyl (C=O) groups excluding carboxylic acids is 3. The van der Waals surface area contributed by atoms with Gasteiger partial charge in [-0.2, -0.15) is 0 Å². The van der Waals surface area contributed by atoms with E-state index >= 15 is 0 Å². The van der Waals surface area contributed by atoms with E-state index in [0.29, 0.717) is 19.6 Å². The number of benzene rings is 3. The van der Waals surface area contributed by atoms with Crippen molar-refractivity contribution in [3.05, 3.63) is 126 Å². The van der Waals surface area contributed by atoms with Gasteiger partial charge in [-0.1, -0.05) is 133 Å². The lowest BCUT2D eigenvalue weighted by Gasteiger charge is -2.39. The van der Waals surface area contributed by atoms with Crippen molar-refractivity contribution >= 4 is 31.8 Å². The predicted molar refractivity (Wildman–Crippen MR) is 241 cm³/mol. The van der Waals surface area contributed by atoms with Gasteiger partial charge in [-0.05, 0) is 58.9 Å². The Morgan fingerprint density at radius 2 is 1.36 bits per heavy atom. The largest absolute Gasteiger partial charge is 0.471 e. The van der Waals surface area contributed by atoms with Gasteiger partial charge in [-0.15, -0.1) is 0 Å². The summed E-state index contributed by atoms with van der Waals surface area (Å²) >= 11 is 0. The van der Waals surface area contributed by atoms with Gasteiger partial charge in [0.2, 0.25) is 11.8 Å². The molecule has 1 fully saturated rings. The number of aromatic nitrogens is 1. The standard InChI is InChI=1S/C47H61N6O10P/c1-46(2,3)40(51-44(56)57)42(54)49-36(27-33-20-22-35(23-21-33)37-19-13-14-24-48-37)29-39(62-31-63-64(59,60)61)38(28-32-15-9-7-10-16-32)50-43(55)41(47(4,5)6)53-26-25-52(45(53)58)30-34-17-11-8-12-18-34/h7-24,36,38-41,51H,25-31H2,1-6H3,(H,49,54)(H,50,55)(H,56,57)(H2,59,60,61)/t36-,38-,39-,40+,41+/m0/s1. The van der Waals surface area contributed by atoms with E-state index in [4.69, 9.17) is 9.26 Å². The number of amides is 5. The molecule has 17 heteroatoms. The van der Waals surface area contributed by atoms with Crippen LogP contribution in [-0.4, -0.2) is 104 Å². The second-order valence-corrected chi connectivity index (χ2v) is 19.4. The maximum atomic E-state index is 14.9. The molecule has 1 aliphatic heterocycles. The average Bonchev–Trinajstić information content (AvgIpc) is 3.56. The molecule has 3 aromatic carbocycles. The number of carboxylic acid groups (broad SMARTS) is 1. The van der Waals surface area contributed by atoms with E-state index in [-0.39, 0.29) is 25.3 Å². The topological polar surface area (TPSA) is 220 Å². The van der Waals surface area contributed by atoms with Gasteiger partial charge >= 0.3 is 19.9 Å². The summed E-state index contributed by atoms with van der Waals surface area (Å²) in [6.45, 7) is 11.0. The van der Waals surface area contributed by atoms with E-state index in [1.807, 2.05) is 124 Å². The van der Waals surface area contributed by atoms with E-state index < -0.39 is 73.6 Å². The lowest BCUT2D eigenvalue weighted by atomic mass is 9.84. The minimum absolute atomic E-state index is 0.0480. The lowest BCUT2D eigenvalue weighted by Crippen LogP contribution is -2.59. The van der Waals surface area contributed by atoms with Crippen molar-refractivity contribution in [2.45, 2.75) is 97.6 Å². The molecule has 5 amide bonds. The summed E-state index contributed by atoms with van der Waals surface area (Å²) in [5.74, 6) is -1.09. The number of pyridine rings is 1. The second-order valence-electron chi connectivity index (χ2n) is 18.2. The molecule has 344 valence electrons. The second kappa shape index (κ2) is 21.8. The zero-order valence-electron chi connectivity index (χ0n) is 37.2. The molecule has 0 aliphatic carbocycles. The van der Waals surface area contributed by atoms with Crippen LogP contribution in [0.5, 0.6) is 0 Å². The highest BCUT2D eigenvalue weighted by molar-refractivity contribution is 7.46. The van der Waals surface area contributed by atoms with Crippen molar-refractivity contribution < 1.29 is 47.9 Å². The maximum Gasteiger partial charge on any atom is 0.471 e. The van der Waals surface area contributed by atoms with E-state index in [1.165, 1.54) is 0 Å². The smallest absolute Gasteiger partial charge is 0.465 e. The van der Waals surface area contributed by atoms with Gasteiger partial charge in [0, 0.05) is 37.4 Å². The lowest BCUT2D eigenvalue weighted by molar-refractivity contribution is -0.133. The van der Waals surface area contributed by atoms with Crippen LogP contribution in [0.2, 0.25) is 0 Å². The molecule has 5 rings (SSSR count). The highest BCUT2D eigenvalue weighted by atomic mass is 31.2. The number of phosphoric acid groups is 1. The first kappa shape index (κ1) is 49.4. The fourth-order valence-electron chi connectivity index (χ4n) is 7.92. The Morgan fingerprint density at radius 3 is 1.92 bits per heavy atom. The zero-order chi connectivity index (χ0) is 46.7. The fraction of sp³-hybridized carbons (Fsp3) is 0.426. The number of phosphoric ester groups is 1. The molecular formula is C47H61N6O10P. The molecule has 0 spiro atoms. The van der Waals surface area contributed by atoms with Gasteiger partial charge in [0.15, 0.2) is 6.79 Å². The molecule has 1 aliphatic rings. The predicted octanol–water partition coefficient (Wildman–Crippen LogP) is 6.38. The molecular weight excluding hydrogens is 840 g/mol. The number of ether oxygens (including phenoxy) is 1. The summed E-state index contributed by atoms with van der Waals surface area (Å²) in [6.07, 6.45) is -0.450. The van der Waals surface area contributed by atoms with Crippen LogP contribution in [0.3, 0.4) is 0 Å². The van der Waals surface area contributed by atoms with Gasteiger partial charge in [0.1, 0.15) is 12.1 Å². The Morgan fingerprint density at radius 1 is 0.750 bits per heavy atom. The number of urea groups is 1. The molecule has 4 aromatic rings. The van der Waals surface area contributed by atoms with Gasteiger partial charge < -0.3 is 45.4 Å². The number of carbonyl (C=O) groups is 4. The summed E-state index contributed by atoms with van der Waals surface area (Å²) in [6, 6.07) is 27.8. The molecule has 5 atom stereocenters. The monoisotopic (exact) mass is 900 g/mol. The molecule has 1 saturated heterocycles. The molecule has 1 aromatic heterocycles. The van der Waals surface area contributed by atoms with Gasteiger partial charge in [0.25, 0.3) is 0 Å². The van der Waals surface area contributed by atoms with Crippen LogP contribution < -0.4 is 16.0 Å². The Bertz CT molecular complexity index is 2200. The van der Waals surface area contributed by atoms with E-state index in [2.05, 4.69) is 20.9 Å². The average molecular weight is 901 g/mol. The van der Waals surface area contributed by atoms with Crippen LogP contribution in [0.15, 0.2) is 109 Å². The minimum Gasteiger partial charge on any atom is -0.465 e. The van der Waals surface area contributed by atoms with Gasteiger partial charge in [0.05, 0.1) is 17.8 Å². The fourth-order valence-corrected chi connectivity index (χ4v) is 8.12. The van der Waals surface area contributed by atoms with Crippen molar-refractivity contribution in [2.24, 2.45) is 10.8 Å². The molecule has 0 bridgehead atoms. The third kappa shape index (κ3) is 14.7. The Hall–Kier alpha value is -5.64. The maximum absolute atomic E-state index is 14.9. The number of hydrogen-bond acceptors (Lipinski definition) is 8. The van der Waals surface area contributed by atoms with Crippen LogP contribution in [0, 0.1) is 10.8 Å².